The van der Waals surface area contributed by atoms with Gasteiger partial charge in [0.25, 0.3) is 0 Å². The van der Waals surface area contributed by atoms with Crippen LogP contribution < -0.4 is 10.6 Å². The van der Waals surface area contributed by atoms with E-state index in [4.69, 9.17) is 0 Å². The second kappa shape index (κ2) is 5.94. The maximum Gasteiger partial charge on any atom is 0.233 e. The number of carbonyl (C=O) groups is 1. The predicted octanol–water partition coefficient (Wildman–Crippen LogP) is -0.127. The van der Waals surface area contributed by atoms with Crippen molar-refractivity contribution in [2.45, 2.75) is 32.8 Å². The van der Waals surface area contributed by atoms with Gasteiger partial charge in [0.1, 0.15) is 0 Å². The summed E-state index contributed by atoms with van der Waals surface area (Å²) in [5, 5.41) is 15.0. The van der Waals surface area contributed by atoms with Gasteiger partial charge in [-0.05, 0) is 33.7 Å². The third kappa shape index (κ3) is 9.30. The largest absolute Gasteiger partial charge is 0.390 e. The maximum absolute atomic E-state index is 10.9. The fourth-order valence-electron chi connectivity index (χ4n) is 0.856. The topological polar surface area (TPSA) is 61.4 Å². The summed E-state index contributed by atoms with van der Waals surface area (Å²) in [5.74, 6) is -0.00162. The summed E-state index contributed by atoms with van der Waals surface area (Å²) >= 11 is 0. The fourth-order valence-corrected chi connectivity index (χ4v) is 0.856. The van der Waals surface area contributed by atoms with Gasteiger partial charge in [0.05, 0.1) is 12.1 Å². The number of aliphatic hydroxyl groups is 1. The van der Waals surface area contributed by atoms with Crippen molar-refractivity contribution in [2.75, 3.05) is 19.6 Å². The van der Waals surface area contributed by atoms with E-state index in [0.29, 0.717) is 26.1 Å². The molecule has 0 aromatic carbocycles. The van der Waals surface area contributed by atoms with E-state index in [-0.39, 0.29) is 5.91 Å². The first-order valence-corrected chi connectivity index (χ1v) is 4.65. The molecule has 3 N–H and O–H groups in total. The van der Waals surface area contributed by atoms with E-state index in [1.807, 2.05) is 6.92 Å². The van der Waals surface area contributed by atoms with E-state index in [1.54, 1.807) is 13.8 Å². The van der Waals surface area contributed by atoms with Crippen LogP contribution in [0, 0.1) is 0 Å². The lowest BCUT2D eigenvalue weighted by Crippen LogP contribution is -2.35. The van der Waals surface area contributed by atoms with Crippen LogP contribution in [0.3, 0.4) is 0 Å². The Morgan fingerprint density at radius 2 is 2.08 bits per heavy atom. The summed E-state index contributed by atoms with van der Waals surface area (Å²) < 4.78 is 0. The summed E-state index contributed by atoms with van der Waals surface area (Å²) in [6.45, 7) is 7.02. The Morgan fingerprint density at radius 3 is 2.54 bits per heavy atom. The standard InChI is InChI=1S/C9H20N2O2/c1-4-11-8(12)7-10-6-5-9(2,3)13/h10,13H,4-7H2,1-3H3,(H,11,12). The Balaban J connectivity index is 3.31. The summed E-state index contributed by atoms with van der Waals surface area (Å²) in [6.07, 6.45) is 0.645. The minimum absolute atomic E-state index is 0.00162. The second-order valence-electron chi connectivity index (χ2n) is 3.69. The third-order valence-electron chi connectivity index (χ3n) is 1.57. The molecule has 0 heterocycles. The van der Waals surface area contributed by atoms with Crippen LogP contribution in [-0.2, 0) is 4.79 Å². The highest BCUT2D eigenvalue weighted by Crippen LogP contribution is 2.04. The highest BCUT2D eigenvalue weighted by atomic mass is 16.3. The molecule has 4 nitrogen and oxygen atoms in total. The number of carbonyl (C=O) groups excluding carboxylic acids is 1. The molecule has 0 radical (unpaired) electrons. The van der Waals surface area contributed by atoms with E-state index in [2.05, 4.69) is 10.6 Å². The maximum atomic E-state index is 10.9. The molecular weight excluding hydrogens is 168 g/mol. The molecule has 1 amide bonds. The van der Waals surface area contributed by atoms with Gasteiger partial charge in [-0.15, -0.1) is 0 Å². The molecule has 0 bridgehead atoms. The normalized spacial score (nSPS) is 11.4. The first kappa shape index (κ1) is 12.4. The predicted molar refractivity (Wildman–Crippen MR) is 52.5 cm³/mol. The zero-order valence-corrected chi connectivity index (χ0v) is 8.68. The van der Waals surface area contributed by atoms with Crippen LogP contribution in [0.15, 0.2) is 0 Å². The van der Waals surface area contributed by atoms with Crippen molar-refractivity contribution in [3.8, 4) is 0 Å². The van der Waals surface area contributed by atoms with E-state index >= 15 is 0 Å². The molecule has 0 saturated heterocycles. The number of hydrogen-bond donors (Lipinski definition) is 3. The first-order chi connectivity index (χ1) is 5.95. The van der Waals surface area contributed by atoms with Crippen molar-refractivity contribution >= 4 is 5.91 Å². The molecule has 0 atom stereocenters. The van der Waals surface area contributed by atoms with Crippen molar-refractivity contribution in [2.24, 2.45) is 0 Å². The molecule has 0 aliphatic carbocycles. The number of hydrogen-bond acceptors (Lipinski definition) is 3. The van der Waals surface area contributed by atoms with Crippen LogP contribution in [0.1, 0.15) is 27.2 Å². The summed E-state index contributed by atoms with van der Waals surface area (Å²) in [7, 11) is 0. The van der Waals surface area contributed by atoms with Crippen LogP contribution in [0.25, 0.3) is 0 Å². The average Bonchev–Trinajstić information content (AvgIpc) is 1.97. The SMILES string of the molecule is CCNC(=O)CNCCC(C)(C)O. The number of likely N-dealkylation sites (N-methyl/N-ethyl adjacent to an activating group) is 1. The van der Waals surface area contributed by atoms with E-state index < -0.39 is 5.60 Å². The van der Waals surface area contributed by atoms with E-state index in [0.717, 1.165) is 0 Å². The quantitative estimate of drug-likeness (QED) is 0.509. The van der Waals surface area contributed by atoms with Gasteiger partial charge < -0.3 is 15.7 Å². The Bertz CT molecular complexity index is 152. The van der Waals surface area contributed by atoms with Gasteiger partial charge in [0, 0.05) is 6.54 Å². The minimum atomic E-state index is -0.658. The van der Waals surface area contributed by atoms with Crippen LogP contribution >= 0.6 is 0 Å². The molecule has 0 unspecified atom stereocenters. The molecule has 0 aromatic heterocycles. The van der Waals surface area contributed by atoms with Crippen molar-refractivity contribution in [3.05, 3.63) is 0 Å². The summed E-state index contributed by atoms with van der Waals surface area (Å²) in [5.41, 5.74) is -0.658. The molecule has 0 aliphatic rings. The molecule has 0 rings (SSSR count). The number of rotatable bonds is 6. The van der Waals surface area contributed by atoms with Crippen molar-refractivity contribution in [1.29, 1.82) is 0 Å². The lowest BCUT2D eigenvalue weighted by molar-refractivity contribution is -0.120. The van der Waals surface area contributed by atoms with Crippen LogP contribution in [0.5, 0.6) is 0 Å². The Hall–Kier alpha value is -0.610. The monoisotopic (exact) mass is 188 g/mol. The molecule has 0 aromatic rings. The molecule has 0 saturated carbocycles. The molecular formula is C9H20N2O2. The molecule has 13 heavy (non-hydrogen) atoms. The van der Waals surface area contributed by atoms with Gasteiger partial charge in [-0.25, -0.2) is 0 Å². The van der Waals surface area contributed by atoms with E-state index in [9.17, 15) is 9.90 Å². The van der Waals surface area contributed by atoms with Crippen LogP contribution in [-0.4, -0.2) is 36.2 Å². The molecule has 4 heteroatoms. The minimum Gasteiger partial charge on any atom is -0.390 e. The van der Waals surface area contributed by atoms with Crippen molar-refractivity contribution < 1.29 is 9.90 Å². The number of amides is 1. The van der Waals surface area contributed by atoms with E-state index in [1.165, 1.54) is 0 Å². The molecule has 0 aliphatic heterocycles. The lowest BCUT2D eigenvalue weighted by atomic mass is 10.1. The van der Waals surface area contributed by atoms with Crippen LogP contribution in [0.2, 0.25) is 0 Å². The van der Waals surface area contributed by atoms with Gasteiger partial charge in [-0.2, -0.15) is 0 Å². The summed E-state index contributed by atoms with van der Waals surface area (Å²) in [4.78, 5) is 10.9. The summed E-state index contributed by atoms with van der Waals surface area (Å²) in [6, 6.07) is 0. The Morgan fingerprint density at radius 1 is 1.46 bits per heavy atom. The Kier molecular flexibility index (Phi) is 5.66. The highest BCUT2D eigenvalue weighted by molar-refractivity contribution is 5.77. The molecule has 0 fully saturated rings. The van der Waals surface area contributed by atoms with Crippen molar-refractivity contribution in [1.82, 2.24) is 10.6 Å². The van der Waals surface area contributed by atoms with Gasteiger partial charge >= 0.3 is 0 Å². The molecule has 0 spiro atoms. The van der Waals surface area contributed by atoms with Gasteiger partial charge in [-0.1, -0.05) is 0 Å². The highest BCUT2D eigenvalue weighted by Gasteiger charge is 2.11. The second-order valence-corrected chi connectivity index (χ2v) is 3.69. The zero-order chi connectivity index (χ0) is 10.3. The zero-order valence-electron chi connectivity index (χ0n) is 8.68. The first-order valence-electron chi connectivity index (χ1n) is 4.65. The Labute approximate surface area is 79.7 Å². The fraction of sp³-hybridized carbons (Fsp3) is 0.889. The van der Waals surface area contributed by atoms with Gasteiger partial charge in [-0.3, -0.25) is 4.79 Å². The van der Waals surface area contributed by atoms with Gasteiger partial charge in [0.15, 0.2) is 0 Å². The average molecular weight is 188 g/mol. The smallest absolute Gasteiger partial charge is 0.233 e. The third-order valence-corrected chi connectivity index (χ3v) is 1.57. The molecule has 78 valence electrons. The van der Waals surface area contributed by atoms with Gasteiger partial charge in [0.2, 0.25) is 5.91 Å². The van der Waals surface area contributed by atoms with Crippen LogP contribution in [0.4, 0.5) is 0 Å². The lowest BCUT2D eigenvalue weighted by Gasteiger charge is -2.16. The van der Waals surface area contributed by atoms with Crippen molar-refractivity contribution in [3.63, 3.8) is 0 Å². The number of nitrogens with one attached hydrogen (secondary N) is 2.